The molecule has 130 valence electrons. The van der Waals surface area contributed by atoms with E-state index in [9.17, 15) is 4.79 Å². The highest BCUT2D eigenvalue weighted by Gasteiger charge is 2.37. The summed E-state index contributed by atoms with van der Waals surface area (Å²) >= 11 is 0. The minimum Gasteiger partial charge on any atom is -0.353 e. The van der Waals surface area contributed by atoms with Crippen molar-refractivity contribution >= 4 is 11.7 Å². The Morgan fingerprint density at radius 2 is 1.72 bits per heavy atom. The first-order valence-electron chi connectivity index (χ1n) is 8.59. The predicted octanol–water partition coefficient (Wildman–Crippen LogP) is 0.452. The van der Waals surface area contributed by atoms with E-state index in [2.05, 4.69) is 26.3 Å². The molecule has 0 bridgehead atoms. The fourth-order valence-electron chi connectivity index (χ4n) is 3.40. The zero-order chi connectivity index (χ0) is 17.1. The van der Waals surface area contributed by atoms with E-state index in [0.717, 1.165) is 24.5 Å². The molecule has 2 aliphatic rings. The molecule has 2 fully saturated rings. The number of nitrogens with one attached hydrogen (secondary N) is 3. The Kier molecular flexibility index (Phi) is 4.60. The van der Waals surface area contributed by atoms with Gasteiger partial charge >= 0.3 is 0 Å². The van der Waals surface area contributed by atoms with Crippen LogP contribution in [0.15, 0.2) is 54.7 Å². The Morgan fingerprint density at radius 1 is 0.960 bits per heavy atom. The number of benzene rings is 1. The summed E-state index contributed by atoms with van der Waals surface area (Å²) in [6, 6.07) is 15.5. The molecule has 4 rings (SSSR count). The standard InChI is InChI=1S/C18H22N6O/c25-18(17-16(20-22-21-17)14-6-2-1-3-7-14)24-12-10-23(11-13-24)15-8-4-5-9-19-15/h1-9,16-17,20-22H,10-13H2. The highest BCUT2D eigenvalue weighted by Crippen LogP contribution is 2.21. The van der Waals surface area contributed by atoms with Gasteiger partial charge in [0.1, 0.15) is 11.9 Å². The highest BCUT2D eigenvalue weighted by atomic mass is 16.2. The lowest BCUT2D eigenvalue weighted by Gasteiger charge is -2.37. The molecule has 0 radical (unpaired) electrons. The molecule has 1 aromatic heterocycles. The minimum absolute atomic E-state index is 0.0810. The lowest BCUT2D eigenvalue weighted by atomic mass is 9.99. The number of carbonyl (C=O) groups is 1. The van der Waals surface area contributed by atoms with E-state index >= 15 is 0 Å². The number of pyridine rings is 1. The fraction of sp³-hybridized carbons (Fsp3) is 0.333. The maximum Gasteiger partial charge on any atom is 0.243 e. The summed E-state index contributed by atoms with van der Waals surface area (Å²) in [5, 5.41) is 0. The quantitative estimate of drug-likeness (QED) is 0.755. The second-order valence-electron chi connectivity index (χ2n) is 6.28. The molecule has 3 N–H and O–H groups in total. The van der Waals surface area contributed by atoms with E-state index in [-0.39, 0.29) is 18.0 Å². The van der Waals surface area contributed by atoms with Crippen molar-refractivity contribution in [2.24, 2.45) is 0 Å². The molecule has 7 nitrogen and oxygen atoms in total. The van der Waals surface area contributed by atoms with Gasteiger partial charge in [-0.3, -0.25) is 4.79 Å². The topological polar surface area (TPSA) is 72.5 Å². The van der Waals surface area contributed by atoms with Crippen LogP contribution in [0.3, 0.4) is 0 Å². The van der Waals surface area contributed by atoms with Crippen LogP contribution in [-0.2, 0) is 4.79 Å². The highest BCUT2D eigenvalue weighted by molar-refractivity contribution is 5.83. The van der Waals surface area contributed by atoms with Crippen molar-refractivity contribution in [2.75, 3.05) is 31.1 Å². The molecule has 2 unspecified atom stereocenters. The van der Waals surface area contributed by atoms with Gasteiger partial charge in [0.2, 0.25) is 5.91 Å². The Balaban J connectivity index is 1.40. The van der Waals surface area contributed by atoms with Crippen molar-refractivity contribution in [3.63, 3.8) is 0 Å². The lowest BCUT2D eigenvalue weighted by Crippen LogP contribution is -2.54. The van der Waals surface area contributed by atoms with Crippen LogP contribution >= 0.6 is 0 Å². The first-order chi connectivity index (χ1) is 12.3. The Bertz CT molecular complexity index is 702. The van der Waals surface area contributed by atoms with Gasteiger partial charge in [-0.2, -0.15) is 5.53 Å². The van der Waals surface area contributed by atoms with Gasteiger partial charge in [0, 0.05) is 32.4 Å². The molecule has 2 aliphatic heterocycles. The van der Waals surface area contributed by atoms with Gasteiger partial charge in [-0.25, -0.2) is 15.8 Å². The zero-order valence-electron chi connectivity index (χ0n) is 13.9. The summed E-state index contributed by atoms with van der Waals surface area (Å²) in [7, 11) is 0. The van der Waals surface area contributed by atoms with Crippen LogP contribution in [0.1, 0.15) is 11.6 Å². The molecule has 2 aromatic rings. The number of hydrogen-bond acceptors (Lipinski definition) is 6. The fourth-order valence-corrected chi connectivity index (χ4v) is 3.40. The summed E-state index contributed by atoms with van der Waals surface area (Å²) < 4.78 is 0. The van der Waals surface area contributed by atoms with Crippen LogP contribution in [0.5, 0.6) is 0 Å². The summed E-state index contributed by atoms with van der Waals surface area (Å²) in [5.74, 6) is 1.09. The summed E-state index contributed by atoms with van der Waals surface area (Å²) in [6.45, 7) is 3.00. The van der Waals surface area contributed by atoms with Crippen LogP contribution in [0.2, 0.25) is 0 Å². The number of aromatic nitrogens is 1. The molecule has 0 spiro atoms. The molecule has 0 saturated carbocycles. The van der Waals surface area contributed by atoms with Crippen LogP contribution in [0.25, 0.3) is 0 Å². The maximum absolute atomic E-state index is 13.0. The molecule has 1 amide bonds. The molecule has 3 heterocycles. The molecule has 2 saturated heterocycles. The number of anilines is 1. The Morgan fingerprint density at radius 3 is 2.44 bits per heavy atom. The molecule has 25 heavy (non-hydrogen) atoms. The average Bonchev–Trinajstić information content (AvgIpc) is 3.19. The van der Waals surface area contributed by atoms with Crippen molar-refractivity contribution in [3.8, 4) is 0 Å². The molecule has 0 aliphatic carbocycles. The first kappa shape index (κ1) is 16.0. The first-order valence-corrected chi connectivity index (χ1v) is 8.59. The third-order valence-corrected chi connectivity index (χ3v) is 4.78. The summed E-state index contributed by atoms with van der Waals surface area (Å²) in [4.78, 5) is 21.5. The predicted molar refractivity (Wildman–Crippen MR) is 95.4 cm³/mol. The number of nitrogens with zero attached hydrogens (tertiary/aromatic N) is 3. The van der Waals surface area contributed by atoms with E-state index < -0.39 is 0 Å². The number of rotatable bonds is 3. The largest absolute Gasteiger partial charge is 0.353 e. The lowest BCUT2D eigenvalue weighted by molar-refractivity contribution is -0.133. The third-order valence-electron chi connectivity index (χ3n) is 4.78. The van der Waals surface area contributed by atoms with Gasteiger partial charge in [-0.1, -0.05) is 36.4 Å². The van der Waals surface area contributed by atoms with Crippen LogP contribution in [0.4, 0.5) is 5.82 Å². The second-order valence-corrected chi connectivity index (χ2v) is 6.28. The SMILES string of the molecule is O=C(C1NNNC1c1ccccc1)N1CCN(c2ccccn2)CC1. The van der Waals surface area contributed by atoms with E-state index in [1.165, 1.54) is 0 Å². The molecule has 7 heteroatoms. The third kappa shape index (κ3) is 3.34. The average molecular weight is 338 g/mol. The zero-order valence-corrected chi connectivity index (χ0v) is 13.9. The van der Waals surface area contributed by atoms with Gasteiger partial charge in [0.05, 0.1) is 6.04 Å². The van der Waals surface area contributed by atoms with E-state index in [1.54, 1.807) is 6.20 Å². The summed E-state index contributed by atoms with van der Waals surface area (Å²) in [5.41, 5.74) is 10.2. The monoisotopic (exact) mass is 338 g/mol. The van der Waals surface area contributed by atoms with Crippen molar-refractivity contribution < 1.29 is 4.79 Å². The molecular weight excluding hydrogens is 316 g/mol. The van der Waals surface area contributed by atoms with Gasteiger partial charge in [-0.05, 0) is 17.7 Å². The minimum atomic E-state index is -0.316. The molecule has 1 aromatic carbocycles. The van der Waals surface area contributed by atoms with Crippen molar-refractivity contribution in [2.45, 2.75) is 12.1 Å². The van der Waals surface area contributed by atoms with E-state index in [1.807, 2.05) is 53.4 Å². The number of amides is 1. The van der Waals surface area contributed by atoms with Gasteiger partial charge in [0.15, 0.2) is 0 Å². The van der Waals surface area contributed by atoms with Crippen LogP contribution in [0, 0.1) is 0 Å². The van der Waals surface area contributed by atoms with Crippen LogP contribution < -0.4 is 21.3 Å². The smallest absolute Gasteiger partial charge is 0.243 e. The number of hydrazine groups is 2. The van der Waals surface area contributed by atoms with Gasteiger partial charge < -0.3 is 9.80 Å². The maximum atomic E-state index is 13.0. The number of hydrogen-bond donors (Lipinski definition) is 3. The second kappa shape index (κ2) is 7.18. The number of piperazine rings is 1. The van der Waals surface area contributed by atoms with Gasteiger partial charge in [0.25, 0.3) is 0 Å². The van der Waals surface area contributed by atoms with Gasteiger partial charge in [-0.15, -0.1) is 0 Å². The normalized spacial score (nSPS) is 23.7. The molecule has 2 atom stereocenters. The summed E-state index contributed by atoms with van der Waals surface area (Å²) in [6.07, 6.45) is 1.80. The van der Waals surface area contributed by atoms with Crippen molar-refractivity contribution in [1.82, 2.24) is 26.3 Å². The van der Waals surface area contributed by atoms with Crippen molar-refractivity contribution in [1.29, 1.82) is 0 Å². The number of carbonyl (C=O) groups excluding carboxylic acids is 1. The Labute approximate surface area is 147 Å². The van der Waals surface area contributed by atoms with E-state index in [4.69, 9.17) is 0 Å². The molecular formula is C18H22N6O. The van der Waals surface area contributed by atoms with Crippen molar-refractivity contribution in [3.05, 3.63) is 60.3 Å². The Hall–Kier alpha value is -2.48. The van der Waals surface area contributed by atoms with Crippen LogP contribution in [-0.4, -0.2) is 48.0 Å². The van der Waals surface area contributed by atoms with E-state index in [0.29, 0.717) is 13.1 Å².